The van der Waals surface area contributed by atoms with Gasteiger partial charge < -0.3 is 5.32 Å². The number of nitrogens with one attached hydrogen (secondary N) is 1. The van der Waals surface area contributed by atoms with Gasteiger partial charge in [-0.3, -0.25) is 14.6 Å². The summed E-state index contributed by atoms with van der Waals surface area (Å²) in [5, 5.41) is 3.37. The maximum absolute atomic E-state index is 14.1. The largest absolute Gasteiger partial charge is 0.350 e. The Kier molecular flexibility index (Phi) is 5.85. The number of likely N-dealkylation sites (tertiary alicyclic amines) is 1. The number of hydrogen-bond acceptors (Lipinski definition) is 3. The maximum Gasteiger partial charge on any atom is 0.242 e. The molecule has 2 aromatic rings. The number of fused-ring (bicyclic) bond motifs is 1. The second-order valence-corrected chi connectivity index (χ2v) is 10.7. The van der Waals surface area contributed by atoms with Gasteiger partial charge in [0, 0.05) is 38.1 Å². The fourth-order valence-corrected chi connectivity index (χ4v) is 7.19. The third-order valence-electron chi connectivity index (χ3n) is 8.23. The number of carbonyl (C=O) groups is 1. The second kappa shape index (κ2) is 8.64. The Labute approximate surface area is 193 Å². The van der Waals surface area contributed by atoms with Gasteiger partial charge in [0.05, 0.1) is 0 Å². The highest BCUT2D eigenvalue weighted by molar-refractivity contribution is 5.89. The topological polar surface area (TPSA) is 35.6 Å². The summed E-state index contributed by atoms with van der Waals surface area (Å²) in [5.41, 5.74) is 2.15. The summed E-state index contributed by atoms with van der Waals surface area (Å²) in [6.45, 7) is 8.36. The molecule has 0 radical (unpaired) electrons. The van der Waals surface area contributed by atoms with Gasteiger partial charge in [0.1, 0.15) is 5.54 Å². The molecule has 1 N–H and O–H groups in total. The molecule has 170 valence electrons. The lowest BCUT2D eigenvalue weighted by atomic mass is 9.57. The van der Waals surface area contributed by atoms with Crippen LogP contribution in [0.1, 0.15) is 31.4 Å². The first kappa shape index (κ1) is 21.7. The van der Waals surface area contributed by atoms with Gasteiger partial charge in [0.25, 0.3) is 0 Å². The molecule has 3 aliphatic heterocycles. The lowest BCUT2D eigenvalue weighted by Crippen LogP contribution is -2.76. The summed E-state index contributed by atoms with van der Waals surface area (Å²) in [6.07, 6.45) is 2.24. The summed E-state index contributed by atoms with van der Waals surface area (Å²) >= 11 is 0. The number of benzene rings is 2. The number of rotatable bonds is 7. The van der Waals surface area contributed by atoms with Gasteiger partial charge in [-0.15, -0.1) is 0 Å². The van der Waals surface area contributed by atoms with Crippen LogP contribution in [0.3, 0.4) is 0 Å². The molecule has 1 aliphatic carbocycles. The number of nitrogens with zero attached hydrogens (tertiary/aromatic N) is 2. The average Bonchev–Trinajstić information content (AvgIpc) is 3.05. The molecule has 5 unspecified atom stereocenters. The van der Waals surface area contributed by atoms with Gasteiger partial charge in [0.2, 0.25) is 5.91 Å². The van der Waals surface area contributed by atoms with E-state index in [9.17, 15) is 4.79 Å². The molecular formula is C28H37N3O. The molecule has 4 aliphatic rings. The van der Waals surface area contributed by atoms with Crippen molar-refractivity contribution in [1.29, 1.82) is 0 Å². The van der Waals surface area contributed by atoms with Crippen molar-refractivity contribution in [2.45, 2.75) is 44.8 Å². The molecule has 6 rings (SSSR count). The second-order valence-electron chi connectivity index (χ2n) is 10.7. The minimum atomic E-state index is -0.419. The Hall–Kier alpha value is -2.17. The minimum absolute atomic E-state index is 0.237. The molecule has 4 fully saturated rings. The highest BCUT2D eigenvalue weighted by atomic mass is 16.2. The van der Waals surface area contributed by atoms with E-state index in [1.807, 2.05) is 18.2 Å². The highest BCUT2D eigenvalue weighted by Gasteiger charge is 2.69. The van der Waals surface area contributed by atoms with Gasteiger partial charge >= 0.3 is 0 Å². The first-order valence-corrected chi connectivity index (χ1v) is 12.3. The Morgan fingerprint density at radius 1 is 1.03 bits per heavy atom. The van der Waals surface area contributed by atoms with Gasteiger partial charge in [-0.1, -0.05) is 74.5 Å². The zero-order chi connectivity index (χ0) is 22.3. The molecule has 3 saturated heterocycles. The quantitative estimate of drug-likeness (QED) is 0.724. The van der Waals surface area contributed by atoms with Crippen LogP contribution < -0.4 is 5.32 Å². The van der Waals surface area contributed by atoms with Gasteiger partial charge in [0.15, 0.2) is 0 Å². The summed E-state index contributed by atoms with van der Waals surface area (Å²) in [4.78, 5) is 19.2. The molecule has 5 atom stereocenters. The molecule has 4 bridgehead atoms. The number of carbonyl (C=O) groups excluding carboxylic acids is 1. The first-order valence-electron chi connectivity index (χ1n) is 12.3. The zero-order valence-corrected chi connectivity index (χ0v) is 19.7. The molecule has 32 heavy (non-hydrogen) atoms. The molecule has 4 nitrogen and oxygen atoms in total. The van der Waals surface area contributed by atoms with Crippen molar-refractivity contribution < 1.29 is 4.79 Å². The summed E-state index contributed by atoms with van der Waals surface area (Å²) in [6, 6.07) is 21.5. The fraction of sp³-hybridized carbons (Fsp3) is 0.536. The van der Waals surface area contributed by atoms with Crippen molar-refractivity contribution in [1.82, 2.24) is 15.1 Å². The van der Waals surface area contributed by atoms with E-state index in [1.165, 1.54) is 12.0 Å². The van der Waals surface area contributed by atoms with Crippen molar-refractivity contribution >= 4 is 5.91 Å². The van der Waals surface area contributed by atoms with Crippen LogP contribution in [0, 0.1) is 23.7 Å². The molecule has 1 saturated carbocycles. The van der Waals surface area contributed by atoms with Crippen LogP contribution in [0.4, 0.5) is 0 Å². The standard InChI is InChI=1S/C28H37N3O/c1-20(2)17-31-19-24-15-23-18-30(3)28(24,27(32)29-16-22-12-8-5-9-13-22)26(31)25(23)14-21-10-6-4-7-11-21/h4-13,20,23-26H,14-19H2,1-3H3,(H,29,32). The van der Waals surface area contributed by atoms with E-state index in [0.717, 1.165) is 31.6 Å². The lowest BCUT2D eigenvalue weighted by molar-refractivity contribution is -0.156. The van der Waals surface area contributed by atoms with Crippen LogP contribution >= 0.6 is 0 Å². The zero-order valence-electron chi connectivity index (χ0n) is 19.7. The molecular weight excluding hydrogens is 394 g/mol. The maximum atomic E-state index is 14.1. The van der Waals surface area contributed by atoms with E-state index in [2.05, 4.69) is 78.5 Å². The summed E-state index contributed by atoms with van der Waals surface area (Å²) in [7, 11) is 2.20. The van der Waals surface area contributed by atoms with Gasteiger partial charge in [-0.25, -0.2) is 0 Å². The van der Waals surface area contributed by atoms with E-state index in [-0.39, 0.29) is 11.9 Å². The molecule has 1 amide bonds. The van der Waals surface area contributed by atoms with E-state index in [1.54, 1.807) is 0 Å². The number of likely N-dealkylation sites (N-methyl/N-ethyl adjacent to an activating group) is 1. The van der Waals surface area contributed by atoms with Crippen LogP contribution in [-0.4, -0.2) is 54.0 Å². The SMILES string of the molecule is CC(C)CN1CC2CC3CN(C)C2(C(=O)NCc2ccccc2)C1C3Cc1ccccc1. The predicted octanol–water partition coefficient (Wildman–Crippen LogP) is 3.82. The molecule has 0 spiro atoms. The fourth-order valence-electron chi connectivity index (χ4n) is 7.19. The minimum Gasteiger partial charge on any atom is -0.350 e. The van der Waals surface area contributed by atoms with Gasteiger partial charge in [-0.2, -0.15) is 0 Å². The molecule has 2 aromatic carbocycles. The normalized spacial score (nSPS) is 31.9. The van der Waals surface area contributed by atoms with E-state index in [4.69, 9.17) is 0 Å². The molecule has 4 heteroatoms. The average molecular weight is 432 g/mol. The summed E-state index contributed by atoms with van der Waals surface area (Å²) in [5.74, 6) is 2.43. The number of amides is 1. The highest BCUT2D eigenvalue weighted by Crippen LogP contribution is 2.56. The third-order valence-corrected chi connectivity index (χ3v) is 8.23. The van der Waals surface area contributed by atoms with Crippen LogP contribution in [0.2, 0.25) is 0 Å². The summed E-state index contributed by atoms with van der Waals surface area (Å²) < 4.78 is 0. The Bertz CT molecular complexity index is 930. The Morgan fingerprint density at radius 2 is 1.69 bits per heavy atom. The Morgan fingerprint density at radius 3 is 2.34 bits per heavy atom. The smallest absolute Gasteiger partial charge is 0.242 e. The lowest BCUT2D eigenvalue weighted by Gasteiger charge is -2.60. The number of piperidine rings is 2. The predicted molar refractivity (Wildman–Crippen MR) is 129 cm³/mol. The van der Waals surface area contributed by atoms with Crippen molar-refractivity contribution in [3.63, 3.8) is 0 Å². The first-order chi connectivity index (χ1) is 15.5. The number of hydrogen-bond donors (Lipinski definition) is 1. The van der Waals surface area contributed by atoms with Crippen molar-refractivity contribution in [3.8, 4) is 0 Å². The van der Waals surface area contributed by atoms with Crippen molar-refractivity contribution in [3.05, 3.63) is 71.8 Å². The van der Waals surface area contributed by atoms with Crippen LogP contribution in [0.15, 0.2) is 60.7 Å². The Balaban J connectivity index is 1.48. The van der Waals surface area contributed by atoms with Crippen LogP contribution in [0.5, 0.6) is 0 Å². The third kappa shape index (κ3) is 3.58. The van der Waals surface area contributed by atoms with Crippen LogP contribution in [0.25, 0.3) is 0 Å². The molecule has 0 aromatic heterocycles. The molecule has 3 heterocycles. The van der Waals surface area contributed by atoms with Crippen molar-refractivity contribution in [2.24, 2.45) is 23.7 Å². The van der Waals surface area contributed by atoms with E-state index in [0.29, 0.717) is 30.2 Å². The monoisotopic (exact) mass is 431 g/mol. The van der Waals surface area contributed by atoms with Crippen molar-refractivity contribution in [2.75, 3.05) is 26.7 Å². The van der Waals surface area contributed by atoms with Crippen LogP contribution in [-0.2, 0) is 17.8 Å². The van der Waals surface area contributed by atoms with Gasteiger partial charge in [-0.05, 0) is 48.8 Å². The van der Waals surface area contributed by atoms with E-state index < -0.39 is 5.54 Å². The van der Waals surface area contributed by atoms with E-state index >= 15 is 0 Å².